The lowest BCUT2D eigenvalue weighted by Gasteiger charge is -2.19. The summed E-state index contributed by atoms with van der Waals surface area (Å²) in [5, 5.41) is 2.77. The maximum Gasteiger partial charge on any atom is 0.254 e. The van der Waals surface area contributed by atoms with Crippen LogP contribution in [0.5, 0.6) is 11.5 Å². The molecule has 0 aliphatic rings. The molecule has 0 aliphatic carbocycles. The van der Waals surface area contributed by atoms with Gasteiger partial charge in [0.1, 0.15) is 5.82 Å². The minimum atomic E-state index is -0.465. The number of carbonyl (C=O) groups is 2. The smallest absolute Gasteiger partial charge is 0.254 e. The van der Waals surface area contributed by atoms with Crippen LogP contribution in [0.2, 0.25) is 5.02 Å². The van der Waals surface area contributed by atoms with E-state index < -0.39 is 17.6 Å². The van der Waals surface area contributed by atoms with Gasteiger partial charge >= 0.3 is 0 Å². The van der Waals surface area contributed by atoms with E-state index in [1.807, 2.05) is 13.8 Å². The number of nitrogens with one attached hydrogen (secondary N) is 1. The highest BCUT2D eigenvalue weighted by Gasteiger charge is 2.20. The van der Waals surface area contributed by atoms with Crippen LogP contribution in [0.1, 0.15) is 24.2 Å². The number of nitrogens with zero attached hydrogens (tertiary/aromatic N) is 1. The number of ether oxygens (including phenoxy) is 2. The van der Waals surface area contributed by atoms with Crippen LogP contribution >= 0.6 is 11.6 Å². The molecular weight excluding hydrogens is 387 g/mol. The van der Waals surface area contributed by atoms with E-state index in [9.17, 15) is 14.0 Å². The molecule has 2 amide bonds. The second-order valence-electron chi connectivity index (χ2n) is 6.38. The summed E-state index contributed by atoms with van der Waals surface area (Å²) in [7, 11) is 2.93. The molecule has 0 bridgehead atoms. The van der Waals surface area contributed by atoms with Crippen LogP contribution in [0.4, 0.5) is 10.1 Å². The van der Waals surface area contributed by atoms with Crippen molar-refractivity contribution in [1.29, 1.82) is 0 Å². The number of rotatable bonds is 7. The van der Waals surface area contributed by atoms with E-state index >= 15 is 0 Å². The molecule has 28 heavy (non-hydrogen) atoms. The van der Waals surface area contributed by atoms with Gasteiger partial charge in [0.25, 0.3) is 5.91 Å². The van der Waals surface area contributed by atoms with Gasteiger partial charge in [0.2, 0.25) is 5.91 Å². The Bertz CT molecular complexity index is 873. The fourth-order valence-corrected chi connectivity index (χ4v) is 2.72. The van der Waals surface area contributed by atoms with Crippen molar-refractivity contribution in [3.8, 4) is 11.5 Å². The molecule has 0 atom stereocenters. The van der Waals surface area contributed by atoms with Crippen LogP contribution in [-0.4, -0.2) is 43.5 Å². The van der Waals surface area contributed by atoms with Crippen molar-refractivity contribution in [2.24, 2.45) is 0 Å². The van der Waals surface area contributed by atoms with E-state index in [2.05, 4.69) is 5.32 Å². The first-order chi connectivity index (χ1) is 13.2. The molecule has 0 saturated carbocycles. The number of benzene rings is 2. The van der Waals surface area contributed by atoms with Gasteiger partial charge in [-0.15, -0.1) is 0 Å². The highest BCUT2D eigenvalue weighted by molar-refractivity contribution is 6.32. The van der Waals surface area contributed by atoms with Gasteiger partial charge in [0.15, 0.2) is 11.5 Å². The lowest BCUT2D eigenvalue weighted by atomic mass is 10.1. The molecule has 0 unspecified atom stereocenters. The number of anilines is 1. The fourth-order valence-electron chi connectivity index (χ4n) is 2.47. The zero-order valence-corrected chi connectivity index (χ0v) is 16.8. The molecule has 0 heterocycles. The molecule has 0 aliphatic heterocycles. The van der Waals surface area contributed by atoms with Crippen molar-refractivity contribution in [3.05, 3.63) is 52.8 Å². The summed E-state index contributed by atoms with van der Waals surface area (Å²) in [5.41, 5.74) is 0.560. The van der Waals surface area contributed by atoms with Crippen molar-refractivity contribution in [2.75, 3.05) is 26.0 Å². The summed E-state index contributed by atoms with van der Waals surface area (Å²) in [5.74, 6) is -0.679. The first-order valence-corrected chi connectivity index (χ1v) is 8.94. The topological polar surface area (TPSA) is 67.9 Å². The normalized spacial score (nSPS) is 10.5. The fraction of sp³-hybridized carbons (Fsp3) is 0.300. The van der Waals surface area contributed by atoms with Crippen LogP contribution in [0.25, 0.3) is 0 Å². The van der Waals surface area contributed by atoms with Gasteiger partial charge in [-0.25, -0.2) is 4.39 Å². The Morgan fingerprint density at radius 1 is 1.25 bits per heavy atom. The van der Waals surface area contributed by atoms with Crippen LogP contribution in [0.15, 0.2) is 36.4 Å². The Balaban J connectivity index is 2.11. The van der Waals surface area contributed by atoms with E-state index in [-0.39, 0.29) is 23.2 Å². The van der Waals surface area contributed by atoms with Gasteiger partial charge in [-0.1, -0.05) is 17.7 Å². The second kappa shape index (κ2) is 9.41. The van der Waals surface area contributed by atoms with Crippen LogP contribution in [0.3, 0.4) is 0 Å². The maximum absolute atomic E-state index is 13.2. The molecular formula is C20H22ClFN2O4. The summed E-state index contributed by atoms with van der Waals surface area (Å²) in [4.78, 5) is 26.0. The van der Waals surface area contributed by atoms with Gasteiger partial charge in [-0.3, -0.25) is 9.59 Å². The molecule has 0 spiro atoms. The van der Waals surface area contributed by atoms with Gasteiger partial charge in [0.05, 0.1) is 24.8 Å². The second-order valence-corrected chi connectivity index (χ2v) is 6.78. The van der Waals surface area contributed by atoms with Crippen molar-refractivity contribution < 1.29 is 23.5 Å². The highest BCUT2D eigenvalue weighted by Crippen LogP contribution is 2.37. The third-order valence-corrected chi connectivity index (χ3v) is 3.95. The van der Waals surface area contributed by atoms with Crippen molar-refractivity contribution in [1.82, 2.24) is 4.90 Å². The van der Waals surface area contributed by atoms with Crippen LogP contribution < -0.4 is 14.8 Å². The minimum absolute atomic E-state index is 0.123. The molecule has 150 valence electrons. The number of amides is 2. The minimum Gasteiger partial charge on any atom is -0.493 e. The molecule has 2 rings (SSSR count). The maximum atomic E-state index is 13.2. The van der Waals surface area contributed by atoms with Gasteiger partial charge in [-0.2, -0.15) is 0 Å². The monoisotopic (exact) mass is 408 g/mol. The van der Waals surface area contributed by atoms with Crippen LogP contribution in [0, 0.1) is 5.82 Å². The Hall–Kier alpha value is -2.80. The summed E-state index contributed by atoms with van der Waals surface area (Å²) < 4.78 is 24.1. The zero-order chi connectivity index (χ0) is 20.8. The lowest BCUT2D eigenvalue weighted by molar-refractivity contribution is -0.116. The Morgan fingerprint density at radius 2 is 1.96 bits per heavy atom. The molecule has 0 fully saturated rings. The summed E-state index contributed by atoms with van der Waals surface area (Å²) in [6.07, 6.45) is -0.123. The number of hydrogen-bond acceptors (Lipinski definition) is 4. The first kappa shape index (κ1) is 21.5. The van der Waals surface area contributed by atoms with E-state index in [1.54, 1.807) is 6.07 Å². The van der Waals surface area contributed by atoms with Gasteiger partial charge in [-0.05, 0) is 44.2 Å². The van der Waals surface area contributed by atoms with E-state index in [4.69, 9.17) is 21.1 Å². The van der Waals surface area contributed by atoms with E-state index in [0.29, 0.717) is 17.2 Å². The van der Waals surface area contributed by atoms with Crippen molar-refractivity contribution in [2.45, 2.75) is 20.0 Å². The predicted octanol–water partition coefficient (Wildman–Crippen LogP) is 3.99. The van der Waals surface area contributed by atoms with Gasteiger partial charge in [0, 0.05) is 18.3 Å². The van der Waals surface area contributed by atoms with Crippen molar-refractivity contribution in [3.63, 3.8) is 0 Å². The average Bonchev–Trinajstić information content (AvgIpc) is 2.62. The third kappa shape index (κ3) is 5.60. The number of halogens is 2. The van der Waals surface area contributed by atoms with E-state index in [1.165, 1.54) is 49.4 Å². The Kier molecular flexibility index (Phi) is 7.23. The molecule has 0 saturated heterocycles. The Morgan fingerprint density at radius 3 is 2.57 bits per heavy atom. The quantitative estimate of drug-likeness (QED) is 0.752. The van der Waals surface area contributed by atoms with Crippen LogP contribution in [-0.2, 0) is 4.79 Å². The zero-order valence-electron chi connectivity index (χ0n) is 16.1. The number of hydrogen-bond donors (Lipinski definition) is 1. The molecule has 6 nitrogen and oxygen atoms in total. The SMILES string of the molecule is COc1cc(C(=O)N(C)CC(=O)Nc2cccc(F)c2)cc(Cl)c1OC(C)C. The lowest BCUT2D eigenvalue weighted by Crippen LogP contribution is -2.35. The van der Waals surface area contributed by atoms with Gasteiger partial charge < -0.3 is 19.7 Å². The first-order valence-electron chi connectivity index (χ1n) is 8.56. The summed E-state index contributed by atoms with van der Waals surface area (Å²) in [6, 6.07) is 8.47. The molecule has 2 aromatic rings. The largest absolute Gasteiger partial charge is 0.493 e. The molecule has 8 heteroatoms. The summed E-state index contributed by atoms with van der Waals surface area (Å²) in [6.45, 7) is 3.47. The summed E-state index contributed by atoms with van der Waals surface area (Å²) >= 11 is 6.24. The number of likely N-dealkylation sites (N-methyl/N-ethyl adjacent to an activating group) is 1. The molecule has 1 N–H and O–H groups in total. The van der Waals surface area contributed by atoms with E-state index in [0.717, 1.165) is 0 Å². The molecule has 0 radical (unpaired) electrons. The number of carbonyl (C=O) groups excluding carboxylic acids is 2. The third-order valence-electron chi connectivity index (χ3n) is 3.67. The Labute approximate surface area is 168 Å². The number of methoxy groups -OCH3 is 1. The standard InChI is InChI=1S/C20H22ClFN2O4/c1-12(2)28-19-16(21)8-13(9-17(19)27-4)20(26)24(3)11-18(25)23-15-7-5-6-14(22)10-15/h5-10,12H,11H2,1-4H3,(H,23,25). The highest BCUT2D eigenvalue weighted by atomic mass is 35.5. The average molecular weight is 409 g/mol. The molecule has 2 aromatic carbocycles. The molecule has 0 aromatic heterocycles. The predicted molar refractivity (Wildman–Crippen MR) is 106 cm³/mol. The van der Waals surface area contributed by atoms with Crippen molar-refractivity contribution >= 4 is 29.1 Å².